The molecule has 2 aromatic rings. The van der Waals surface area contributed by atoms with Crippen LogP contribution in [0.4, 0.5) is 0 Å². The average Bonchev–Trinajstić information content (AvgIpc) is 2.54. The molecular weight excluding hydrogens is 304 g/mol. The van der Waals surface area contributed by atoms with E-state index in [9.17, 15) is 4.79 Å². The highest BCUT2D eigenvalue weighted by Gasteiger charge is 2.09. The van der Waals surface area contributed by atoms with Crippen molar-refractivity contribution in [2.45, 2.75) is 0 Å². The Bertz CT molecular complexity index is 702. The highest BCUT2D eigenvalue weighted by Crippen LogP contribution is 2.27. The molecule has 2 aromatic carbocycles. The lowest BCUT2D eigenvalue weighted by Gasteiger charge is -2.08. The van der Waals surface area contributed by atoms with E-state index in [1.54, 1.807) is 36.4 Å². The maximum Gasteiger partial charge on any atom is 0.271 e. The number of nitrogens with one attached hydrogen (secondary N) is 1. The van der Waals surface area contributed by atoms with Crippen LogP contribution < -0.4 is 14.9 Å². The summed E-state index contributed by atoms with van der Waals surface area (Å²) in [6, 6.07) is 12.0. The highest BCUT2D eigenvalue weighted by atomic mass is 35.5. The molecular formula is C16H15ClN2O3. The first-order valence-corrected chi connectivity index (χ1v) is 6.83. The van der Waals surface area contributed by atoms with E-state index in [2.05, 4.69) is 10.5 Å². The van der Waals surface area contributed by atoms with Gasteiger partial charge in [-0.3, -0.25) is 4.79 Å². The van der Waals surface area contributed by atoms with Gasteiger partial charge in [-0.25, -0.2) is 5.43 Å². The Morgan fingerprint density at radius 1 is 1.14 bits per heavy atom. The number of benzene rings is 2. The Labute approximate surface area is 133 Å². The molecule has 0 heterocycles. The summed E-state index contributed by atoms with van der Waals surface area (Å²) in [6.45, 7) is 0. The minimum atomic E-state index is -0.348. The van der Waals surface area contributed by atoms with Crippen LogP contribution in [0.3, 0.4) is 0 Å². The van der Waals surface area contributed by atoms with Gasteiger partial charge >= 0.3 is 0 Å². The first-order chi connectivity index (χ1) is 10.6. The summed E-state index contributed by atoms with van der Waals surface area (Å²) in [5.74, 6) is 0.690. The molecule has 6 heteroatoms. The summed E-state index contributed by atoms with van der Waals surface area (Å²) < 4.78 is 10.3. The smallest absolute Gasteiger partial charge is 0.271 e. The monoisotopic (exact) mass is 318 g/mol. The zero-order chi connectivity index (χ0) is 15.9. The molecule has 0 saturated heterocycles. The van der Waals surface area contributed by atoms with E-state index in [4.69, 9.17) is 21.1 Å². The van der Waals surface area contributed by atoms with Crippen LogP contribution in [0.1, 0.15) is 15.9 Å². The predicted octanol–water partition coefficient (Wildman–Crippen LogP) is 3.12. The Hall–Kier alpha value is -2.53. The second-order valence-electron chi connectivity index (χ2n) is 4.32. The Morgan fingerprint density at radius 3 is 2.59 bits per heavy atom. The number of rotatable bonds is 5. The number of carbonyl (C=O) groups excluding carboxylic acids is 1. The third-order valence-electron chi connectivity index (χ3n) is 2.87. The van der Waals surface area contributed by atoms with Gasteiger partial charge in [-0.1, -0.05) is 23.7 Å². The molecule has 0 saturated carbocycles. The first kappa shape index (κ1) is 15.9. The van der Waals surface area contributed by atoms with Gasteiger partial charge in [-0.15, -0.1) is 0 Å². The lowest BCUT2D eigenvalue weighted by atomic mass is 10.2. The molecule has 0 aliphatic heterocycles. The number of amides is 1. The van der Waals surface area contributed by atoms with Crippen LogP contribution >= 0.6 is 11.6 Å². The number of methoxy groups -OCH3 is 2. The summed E-state index contributed by atoms with van der Waals surface area (Å²) in [6.07, 6.45) is 1.52. The van der Waals surface area contributed by atoms with Crippen LogP contribution in [0.25, 0.3) is 0 Å². The standard InChI is InChI=1S/C16H15ClN2O3/c1-21-14-7-6-12(9-15(14)22-2)16(20)19-18-10-11-4-3-5-13(17)8-11/h3-10H,1-2H3,(H,19,20)/b18-10+. The number of hydrazone groups is 1. The Balaban J connectivity index is 2.06. The van der Waals surface area contributed by atoms with Crippen molar-refractivity contribution in [3.8, 4) is 11.5 Å². The third-order valence-corrected chi connectivity index (χ3v) is 3.11. The van der Waals surface area contributed by atoms with E-state index in [1.165, 1.54) is 20.4 Å². The zero-order valence-corrected chi connectivity index (χ0v) is 12.9. The highest BCUT2D eigenvalue weighted by molar-refractivity contribution is 6.30. The van der Waals surface area contributed by atoms with Crippen LogP contribution in [0.15, 0.2) is 47.6 Å². The Morgan fingerprint density at radius 2 is 1.91 bits per heavy atom. The van der Waals surface area contributed by atoms with E-state index in [-0.39, 0.29) is 5.91 Å². The number of hydrogen-bond acceptors (Lipinski definition) is 4. The van der Waals surface area contributed by atoms with Gasteiger partial charge in [0.2, 0.25) is 0 Å². The van der Waals surface area contributed by atoms with Crippen LogP contribution in [-0.2, 0) is 0 Å². The van der Waals surface area contributed by atoms with E-state index in [1.807, 2.05) is 6.07 Å². The minimum Gasteiger partial charge on any atom is -0.493 e. The van der Waals surface area contributed by atoms with E-state index in [0.29, 0.717) is 22.1 Å². The van der Waals surface area contributed by atoms with E-state index in [0.717, 1.165) is 5.56 Å². The second-order valence-corrected chi connectivity index (χ2v) is 4.76. The van der Waals surface area contributed by atoms with Gasteiger partial charge in [0, 0.05) is 10.6 Å². The zero-order valence-electron chi connectivity index (χ0n) is 12.2. The van der Waals surface area contributed by atoms with Crippen LogP contribution in [0, 0.1) is 0 Å². The lowest BCUT2D eigenvalue weighted by molar-refractivity contribution is 0.0954. The maximum absolute atomic E-state index is 12.0. The van der Waals surface area contributed by atoms with Crippen molar-refractivity contribution in [2.75, 3.05) is 14.2 Å². The van der Waals surface area contributed by atoms with Crippen molar-refractivity contribution in [2.24, 2.45) is 5.10 Å². The molecule has 0 fully saturated rings. The van der Waals surface area contributed by atoms with Crippen molar-refractivity contribution < 1.29 is 14.3 Å². The fourth-order valence-electron chi connectivity index (χ4n) is 1.79. The molecule has 0 aromatic heterocycles. The van der Waals surface area contributed by atoms with Gasteiger partial charge in [0.05, 0.1) is 20.4 Å². The second kappa shape index (κ2) is 7.47. The van der Waals surface area contributed by atoms with E-state index >= 15 is 0 Å². The number of halogens is 1. The van der Waals surface area contributed by atoms with Gasteiger partial charge in [0.15, 0.2) is 11.5 Å². The fraction of sp³-hybridized carbons (Fsp3) is 0.125. The molecule has 0 unspecified atom stereocenters. The molecule has 22 heavy (non-hydrogen) atoms. The third kappa shape index (κ3) is 3.99. The van der Waals surface area contributed by atoms with Crippen molar-refractivity contribution in [1.29, 1.82) is 0 Å². The van der Waals surface area contributed by atoms with Gasteiger partial charge < -0.3 is 9.47 Å². The Kier molecular flexibility index (Phi) is 5.38. The van der Waals surface area contributed by atoms with Crippen molar-refractivity contribution >= 4 is 23.7 Å². The van der Waals surface area contributed by atoms with Gasteiger partial charge in [0.25, 0.3) is 5.91 Å². The SMILES string of the molecule is COc1ccc(C(=O)N/N=C/c2cccc(Cl)c2)cc1OC. The van der Waals surface area contributed by atoms with Crippen LogP contribution in [-0.4, -0.2) is 26.3 Å². The summed E-state index contributed by atoms with van der Waals surface area (Å²) in [5.41, 5.74) is 3.66. The van der Waals surface area contributed by atoms with Crippen LogP contribution in [0.5, 0.6) is 11.5 Å². The van der Waals surface area contributed by atoms with Crippen molar-refractivity contribution in [3.63, 3.8) is 0 Å². The predicted molar refractivity (Wildman–Crippen MR) is 86.1 cm³/mol. The maximum atomic E-state index is 12.0. The molecule has 1 amide bonds. The fourth-order valence-corrected chi connectivity index (χ4v) is 1.99. The molecule has 0 aliphatic rings. The molecule has 0 aliphatic carbocycles. The summed E-state index contributed by atoms with van der Waals surface area (Å²) >= 11 is 5.87. The molecule has 1 N–H and O–H groups in total. The number of ether oxygens (including phenoxy) is 2. The molecule has 0 bridgehead atoms. The minimum absolute atomic E-state index is 0.348. The van der Waals surface area contributed by atoms with E-state index < -0.39 is 0 Å². The molecule has 0 radical (unpaired) electrons. The molecule has 5 nitrogen and oxygen atoms in total. The average molecular weight is 319 g/mol. The van der Waals surface area contributed by atoms with Gasteiger partial charge in [-0.2, -0.15) is 5.10 Å². The normalized spacial score (nSPS) is 10.5. The summed E-state index contributed by atoms with van der Waals surface area (Å²) in [4.78, 5) is 12.0. The summed E-state index contributed by atoms with van der Waals surface area (Å²) in [5, 5.41) is 4.51. The summed E-state index contributed by atoms with van der Waals surface area (Å²) in [7, 11) is 3.05. The molecule has 2 rings (SSSR count). The van der Waals surface area contributed by atoms with Gasteiger partial charge in [0.1, 0.15) is 0 Å². The largest absolute Gasteiger partial charge is 0.493 e. The quantitative estimate of drug-likeness (QED) is 0.680. The molecule has 0 atom stereocenters. The van der Waals surface area contributed by atoms with Crippen LogP contribution in [0.2, 0.25) is 5.02 Å². The molecule has 114 valence electrons. The topological polar surface area (TPSA) is 59.9 Å². The van der Waals surface area contributed by atoms with Crippen molar-refractivity contribution in [1.82, 2.24) is 5.43 Å². The number of carbonyl (C=O) groups is 1. The number of nitrogens with zero attached hydrogens (tertiary/aromatic N) is 1. The lowest BCUT2D eigenvalue weighted by Crippen LogP contribution is -2.17. The number of hydrogen-bond donors (Lipinski definition) is 1. The van der Waals surface area contributed by atoms with Crippen molar-refractivity contribution in [3.05, 3.63) is 58.6 Å². The van der Waals surface area contributed by atoms with Gasteiger partial charge in [-0.05, 0) is 35.9 Å². The molecule has 0 spiro atoms. The first-order valence-electron chi connectivity index (χ1n) is 6.45.